The zero-order valence-electron chi connectivity index (χ0n) is 11.4. The van der Waals surface area contributed by atoms with Gasteiger partial charge in [-0.1, -0.05) is 37.3 Å². The lowest BCUT2D eigenvalue weighted by molar-refractivity contribution is -0.147. The van der Waals surface area contributed by atoms with Crippen LogP contribution in [0.15, 0.2) is 30.3 Å². The summed E-state index contributed by atoms with van der Waals surface area (Å²) < 4.78 is 9.72. The fourth-order valence-corrected chi connectivity index (χ4v) is 1.49. The van der Waals surface area contributed by atoms with E-state index in [-0.39, 0.29) is 6.61 Å². The molecule has 1 rings (SSSR count). The van der Waals surface area contributed by atoms with Gasteiger partial charge in [0.05, 0.1) is 7.11 Å². The molecule has 19 heavy (non-hydrogen) atoms. The van der Waals surface area contributed by atoms with E-state index in [0.29, 0.717) is 6.42 Å². The van der Waals surface area contributed by atoms with E-state index in [1.54, 1.807) is 13.8 Å². The van der Waals surface area contributed by atoms with Gasteiger partial charge in [-0.25, -0.2) is 9.59 Å². The summed E-state index contributed by atoms with van der Waals surface area (Å²) in [4.78, 5) is 23.3. The summed E-state index contributed by atoms with van der Waals surface area (Å²) in [5.41, 5.74) is -0.184. The highest BCUT2D eigenvalue weighted by molar-refractivity contribution is 5.85. The third kappa shape index (κ3) is 4.28. The summed E-state index contributed by atoms with van der Waals surface area (Å²) >= 11 is 0. The Hall–Kier alpha value is -2.04. The number of amides is 1. The maximum absolute atomic E-state index is 11.7. The number of hydrogen-bond acceptors (Lipinski definition) is 4. The van der Waals surface area contributed by atoms with Crippen molar-refractivity contribution in [3.63, 3.8) is 0 Å². The molecular formula is C14H19NO4. The minimum Gasteiger partial charge on any atom is -0.467 e. The van der Waals surface area contributed by atoms with Gasteiger partial charge in [-0.15, -0.1) is 0 Å². The Morgan fingerprint density at radius 2 is 1.89 bits per heavy atom. The van der Waals surface area contributed by atoms with Gasteiger partial charge in [0.15, 0.2) is 0 Å². The molecule has 0 spiro atoms. The number of benzene rings is 1. The molecule has 104 valence electrons. The molecule has 5 heteroatoms. The fourth-order valence-electron chi connectivity index (χ4n) is 1.49. The second kappa shape index (κ2) is 6.78. The maximum atomic E-state index is 11.7. The molecule has 0 unspecified atom stereocenters. The van der Waals surface area contributed by atoms with Crippen LogP contribution in [0, 0.1) is 0 Å². The van der Waals surface area contributed by atoms with Crippen LogP contribution in [0.1, 0.15) is 25.8 Å². The molecule has 0 aliphatic carbocycles. The second-order valence-electron chi connectivity index (χ2n) is 4.36. The Bertz CT molecular complexity index is 432. The summed E-state index contributed by atoms with van der Waals surface area (Å²) in [5, 5.41) is 2.53. The van der Waals surface area contributed by atoms with Crippen molar-refractivity contribution in [2.24, 2.45) is 0 Å². The summed E-state index contributed by atoms with van der Waals surface area (Å²) in [6.07, 6.45) is -0.223. The van der Waals surface area contributed by atoms with Crippen LogP contribution in [0.5, 0.6) is 0 Å². The third-order valence-electron chi connectivity index (χ3n) is 2.93. The van der Waals surface area contributed by atoms with Crippen molar-refractivity contribution in [1.82, 2.24) is 5.32 Å². The van der Waals surface area contributed by atoms with Crippen LogP contribution in [0.25, 0.3) is 0 Å². The van der Waals surface area contributed by atoms with Crippen LogP contribution in [0.4, 0.5) is 4.79 Å². The first kappa shape index (κ1) is 15.0. The van der Waals surface area contributed by atoms with Crippen molar-refractivity contribution in [3.8, 4) is 0 Å². The van der Waals surface area contributed by atoms with Gasteiger partial charge in [0.25, 0.3) is 0 Å². The molecule has 1 aromatic rings. The Balaban J connectivity index is 2.52. The van der Waals surface area contributed by atoms with E-state index in [0.717, 1.165) is 5.56 Å². The molecule has 0 radical (unpaired) electrons. The highest BCUT2D eigenvalue weighted by atomic mass is 16.6. The summed E-state index contributed by atoms with van der Waals surface area (Å²) in [6.45, 7) is 3.55. The van der Waals surface area contributed by atoms with E-state index < -0.39 is 17.6 Å². The molecule has 0 bridgehead atoms. The standard InChI is InChI=1S/C14H19NO4/c1-4-14(2,12(16)18-3)15-13(17)19-10-11-8-6-5-7-9-11/h5-9H,4,10H2,1-3H3,(H,15,17)/t14-/m1/s1. The average molecular weight is 265 g/mol. The lowest BCUT2D eigenvalue weighted by atomic mass is 10.00. The Morgan fingerprint density at radius 3 is 2.42 bits per heavy atom. The molecule has 0 aliphatic rings. The summed E-state index contributed by atoms with van der Waals surface area (Å²) in [6, 6.07) is 9.32. The largest absolute Gasteiger partial charge is 0.467 e. The highest BCUT2D eigenvalue weighted by Crippen LogP contribution is 2.12. The van der Waals surface area contributed by atoms with Crippen molar-refractivity contribution in [2.45, 2.75) is 32.4 Å². The number of nitrogens with one attached hydrogen (secondary N) is 1. The van der Waals surface area contributed by atoms with Gasteiger partial charge >= 0.3 is 12.1 Å². The smallest absolute Gasteiger partial charge is 0.408 e. The zero-order chi connectivity index (χ0) is 14.3. The molecule has 0 aromatic heterocycles. The lowest BCUT2D eigenvalue weighted by Crippen LogP contribution is -2.52. The predicted molar refractivity (Wildman–Crippen MR) is 70.5 cm³/mol. The number of ether oxygens (including phenoxy) is 2. The number of carbonyl (C=O) groups excluding carboxylic acids is 2. The maximum Gasteiger partial charge on any atom is 0.408 e. The van der Waals surface area contributed by atoms with Gasteiger partial charge in [-0.3, -0.25) is 0 Å². The molecule has 0 aliphatic heterocycles. The van der Waals surface area contributed by atoms with Gasteiger partial charge in [0, 0.05) is 0 Å². The Kier molecular flexibility index (Phi) is 5.36. The molecule has 1 amide bonds. The topological polar surface area (TPSA) is 64.6 Å². The lowest BCUT2D eigenvalue weighted by Gasteiger charge is -2.25. The van der Waals surface area contributed by atoms with Crippen molar-refractivity contribution in [2.75, 3.05) is 7.11 Å². The number of hydrogen-bond donors (Lipinski definition) is 1. The molecule has 0 heterocycles. The van der Waals surface area contributed by atoms with Gasteiger partial charge in [0.1, 0.15) is 12.1 Å². The molecule has 0 saturated carbocycles. The van der Waals surface area contributed by atoms with E-state index >= 15 is 0 Å². The number of carbonyl (C=O) groups is 2. The van der Waals surface area contributed by atoms with Crippen molar-refractivity contribution < 1.29 is 19.1 Å². The van der Waals surface area contributed by atoms with Crippen molar-refractivity contribution >= 4 is 12.1 Å². The molecule has 0 saturated heterocycles. The van der Waals surface area contributed by atoms with Crippen LogP contribution in [0.2, 0.25) is 0 Å². The van der Waals surface area contributed by atoms with E-state index in [9.17, 15) is 9.59 Å². The van der Waals surface area contributed by atoms with Crippen LogP contribution < -0.4 is 5.32 Å². The van der Waals surface area contributed by atoms with Crippen molar-refractivity contribution in [1.29, 1.82) is 0 Å². The molecule has 1 N–H and O–H groups in total. The predicted octanol–water partition coefficient (Wildman–Crippen LogP) is 2.25. The van der Waals surface area contributed by atoms with Crippen LogP contribution in [-0.4, -0.2) is 24.7 Å². The van der Waals surface area contributed by atoms with Crippen LogP contribution in [0.3, 0.4) is 0 Å². The number of methoxy groups -OCH3 is 1. The Labute approximate surface area is 112 Å². The average Bonchev–Trinajstić information content (AvgIpc) is 2.45. The van der Waals surface area contributed by atoms with Crippen LogP contribution >= 0.6 is 0 Å². The highest BCUT2D eigenvalue weighted by Gasteiger charge is 2.34. The van der Waals surface area contributed by atoms with Gasteiger partial charge in [0.2, 0.25) is 0 Å². The Morgan fingerprint density at radius 1 is 1.26 bits per heavy atom. The molecular weight excluding hydrogens is 246 g/mol. The number of alkyl carbamates (subject to hydrolysis) is 1. The summed E-state index contributed by atoms with van der Waals surface area (Å²) in [7, 11) is 1.28. The van der Waals surface area contributed by atoms with Gasteiger partial charge in [-0.05, 0) is 18.9 Å². The first-order valence-electron chi connectivity index (χ1n) is 6.09. The van der Waals surface area contributed by atoms with E-state index in [1.807, 2.05) is 30.3 Å². The monoisotopic (exact) mass is 265 g/mol. The quantitative estimate of drug-likeness (QED) is 0.829. The van der Waals surface area contributed by atoms with E-state index in [2.05, 4.69) is 10.1 Å². The number of esters is 1. The SMILES string of the molecule is CC[C@@](C)(NC(=O)OCc1ccccc1)C(=O)OC. The summed E-state index contributed by atoms with van der Waals surface area (Å²) in [5.74, 6) is -0.494. The van der Waals surface area contributed by atoms with Crippen molar-refractivity contribution in [3.05, 3.63) is 35.9 Å². The number of rotatable bonds is 5. The molecule has 5 nitrogen and oxygen atoms in total. The van der Waals surface area contributed by atoms with E-state index in [4.69, 9.17) is 4.74 Å². The molecule has 1 atom stereocenters. The van der Waals surface area contributed by atoms with Gasteiger partial charge in [-0.2, -0.15) is 0 Å². The fraction of sp³-hybridized carbons (Fsp3) is 0.429. The zero-order valence-corrected chi connectivity index (χ0v) is 11.4. The van der Waals surface area contributed by atoms with E-state index in [1.165, 1.54) is 7.11 Å². The van der Waals surface area contributed by atoms with Gasteiger partial charge < -0.3 is 14.8 Å². The second-order valence-corrected chi connectivity index (χ2v) is 4.36. The first-order valence-corrected chi connectivity index (χ1v) is 6.09. The first-order chi connectivity index (χ1) is 9.01. The third-order valence-corrected chi connectivity index (χ3v) is 2.93. The van der Waals surface area contributed by atoms with Crippen LogP contribution in [-0.2, 0) is 20.9 Å². The minimum absolute atomic E-state index is 0.160. The molecule has 0 fully saturated rings. The normalized spacial score (nSPS) is 13.2. The molecule has 1 aromatic carbocycles. The minimum atomic E-state index is -1.07.